The molecule has 18 heavy (non-hydrogen) atoms. The van der Waals surface area contributed by atoms with Crippen molar-refractivity contribution in [1.82, 2.24) is 0 Å². The van der Waals surface area contributed by atoms with Gasteiger partial charge in [-0.3, -0.25) is 0 Å². The standard InChI is InChI=1S/C15H21BrClN/c1-11-3-6-13(7-4-11)18(2)14-8-5-12(10-16)15(17)9-14/h5,8-9,11,13H,3-4,6-7,10H2,1-2H3. The molecule has 0 spiro atoms. The molecular weight excluding hydrogens is 310 g/mol. The third kappa shape index (κ3) is 3.21. The lowest BCUT2D eigenvalue weighted by atomic mass is 9.86. The van der Waals surface area contributed by atoms with Crippen LogP contribution in [0.1, 0.15) is 38.2 Å². The van der Waals surface area contributed by atoms with Crippen LogP contribution in [-0.2, 0) is 5.33 Å². The lowest BCUT2D eigenvalue weighted by Crippen LogP contribution is -2.34. The molecule has 0 radical (unpaired) electrons. The maximum absolute atomic E-state index is 6.28. The summed E-state index contributed by atoms with van der Waals surface area (Å²) < 4.78 is 0. The first-order chi connectivity index (χ1) is 8.61. The first-order valence-corrected chi connectivity index (χ1v) is 8.19. The molecule has 1 aromatic rings. The van der Waals surface area contributed by atoms with Crippen molar-refractivity contribution in [2.45, 2.75) is 44.0 Å². The quantitative estimate of drug-likeness (QED) is 0.684. The van der Waals surface area contributed by atoms with Crippen LogP contribution in [0.3, 0.4) is 0 Å². The van der Waals surface area contributed by atoms with Gasteiger partial charge in [0.25, 0.3) is 0 Å². The molecule has 0 N–H and O–H groups in total. The predicted octanol–water partition coefficient (Wildman–Crippen LogP) is 5.25. The van der Waals surface area contributed by atoms with Gasteiger partial charge in [0.2, 0.25) is 0 Å². The third-order valence-electron chi connectivity index (χ3n) is 4.12. The third-order valence-corrected chi connectivity index (χ3v) is 5.08. The normalized spacial score (nSPS) is 24.0. The van der Waals surface area contributed by atoms with E-state index in [1.54, 1.807) is 0 Å². The van der Waals surface area contributed by atoms with E-state index in [1.165, 1.54) is 31.4 Å². The number of halogens is 2. The fourth-order valence-corrected chi connectivity index (χ4v) is 3.60. The summed E-state index contributed by atoms with van der Waals surface area (Å²) in [4.78, 5) is 2.40. The Balaban J connectivity index is 2.08. The highest BCUT2D eigenvalue weighted by Gasteiger charge is 2.22. The average molecular weight is 331 g/mol. The molecule has 0 aliphatic heterocycles. The minimum atomic E-state index is 0.673. The molecule has 3 heteroatoms. The molecule has 1 aromatic carbocycles. The highest BCUT2D eigenvalue weighted by molar-refractivity contribution is 9.08. The largest absolute Gasteiger partial charge is 0.372 e. The lowest BCUT2D eigenvalue weighted by molar-refractivity contribution is 0.341. The smallest absolute Gasteiger partial charge is 0.0467 e. The molecule has 0 bridgehead atoms. The summed E-state index contributed by atoms with van der Waals surface area (Å²) in [6, 6.07) is 7.07. The molecular formula is C15H21BrClN. The lowest BCUT2D eigenvalue weighted by Gasteiger charge is -2.35. The Labute approximate surface area is 124 Å². The Morgan fingerprint density at radius 3 is 2.50 bits per heavy atom. The van der Waals surface area contributed by atoms with Gasteiger partial charge in [-0.05, 0) is 49.3 Å². The van der Waals surface area contributed by atoms with Crippen molar-refractivity contribution in [1.29, 1.82) is 0 Å². The molecule has 0 amide bonds. The van der Waals surface area contributed by atoms with E-state index in [-0.39, 0.29) is 0 Å². The SMILES string of the molecule is CC1CCC(N(C)c2ccc(CBr)c(Cl)c2)CC1. The number of benzene rings is 1. The number of rotatable bonds is 3. The van der Waals surface area contributed by atoms with Crippen LogP contribution in [0.2, 0.25) is 5.02 Å². The van der Waals surface area contributed by atoms with Gasteiger partial charge in [0, 0.05) is 29.1 Å². The zero-order valence-electron chi connectivity index (χ0n) is 11.1. The number of hydrogen-bond acceptors (Lipinski definition) is 1. The van der Waals surface area contributed by atoms with Crippen molar-refractivity contribution >= 4 is 33.2 Å². The fraction of sp³-hybridized carbons (Fsp3) is 0.600. The molecule has 1 fully saturated rings. The summed E-state index contributed by atoms with van der Waals surface area (Å²) in [6.07, 6.45) is 5.30. The summed E-state index contributed by atoms with van der Waals surface area (Å²) in [5.74, 6) is 0.897. The molecule has 0 unspecified atom stereocenters. The Kier molecular flexibility index (Phi) is 4.97. The van der Waals surface area contributed by atoms with Gasteiger partial charge in [-0.25, -0.2) is 0 Å². The first-order valence-electron chi connectivity index (χ1n) is 6.69. The van der Waals surface area contributed by atoms with Gasteiger partial charge < -0.3 is 4.90 Å². The zero-order chi connectivity index (χ0) is 13.1. The van der Waals surface area contributed by atoms with E-state index < -0.39 is 0 Å². The van der Waals surface area contributed by atoms with Crippen LogP contribution in [0.15, 0.2) is 18.2 Å². The van der Waals surface area contributed by atoms with Crippen molar-refractivity contribution < 1.29 is 0 Å². The van der Waals surface area contributed by atoms with Crippen LogP contribution in [0.4, 0.5) is 5.69 Å². The Morgan fingerprint density at radius 2 is 1.94 bits per heavy atom. The highest BCUT2D eigenvalue weighted by Crippen LogP contribution is 2.31. The van der Waals surface area contributed by atoms with E-state index in [2.05, 4.69) is 53.0 Å². The second kappa shape index (κ2) is 6.29. The van der Waals surface area contributed by atoms with Gasteiger partial charge >= 0.3 is 0 Å². The molecule has 1 saturated carbocycles. The van der Waals surface area contributed by atoms with Crippen molar-refractivity contribution in [2.75, 3.05) is 11.9 Å². The Hall–Kier alpha value is -0.210. The molecule has 0 atom stereocenters. The highest BCUT2D eigenvalue weighted by atomic mass is 79.9. The molecule has 0 saturated heterocycles. The minimum absolute atomic E-state index is 0.673. The second-order valence-electron chi connectivity index (χ2n) is 5.43. The van der Waals surface area contributed by atoms with Gasteiger partial charge in [-0.2, -0.15) is 0 Å². The van der Waals surface area contributed by atoms with Crippen LogP contribution in [0.25, 0.3) is 0 Å². The van der Waals surface area contributed by atoms with E-state index in [0.717, 1.165) is 21.8 Å². The topological polar surface area (TPSA) is 3.24 Å². The molecule has 2 rings (SSSR count). The predicted molar refractivity (Wildman–Crippen MR) is 83.9 cm³/mol. The molecule has 1 aliphatic carbocycles. The average Bonchev–Trinajstić information content (AvgIpc) is 2.38. The van der Waals surface area contributed by atoms with Crippen molar-refractivity contribution in [2.24, 2.45) is 5.92 Å². The number of hydrogen-bond donors (Lipinski definition) is 0. The number of nitrogens with zero attached hydrogens (tertiary/aromatic N) is 1. The summed E-state index contributed by atoms with van der Waals surface area (Å²) >= 11 is 9.73. The first kappa shape index (κ1) is 14.2. The van der Waals surface area contributed by atoms with Gasteiger partial charge in [0.05, 0.1) is 0 Å². The maximum atomic E-state index is 6.28. The van der Waals surface area contributed by atoms with Crippen LogP contribution in [0, 0.1) is 5.92 Å². The minimum Gasteiger partial charge on any atom is -0.372 e. The Morgan fingerprint density at radius 1 is 1.28 bits per heavy atom. The van der Waals surface area contributed by atoms with Crippen molar-refractivity contribution in [3.05, 3.63) is 28.8 Å². The fourth-order valence-electron chi connectivity index (χ4n) is 2.70. The summed E-state index contributed by atoms with van der Waals surface area (Å²) in [5, 5.41) is 1.68. The van der Waals surface area contributed by atoms with Crippen molar-refractivity contribution in [3.8, 4) is 0 Å². The van der Waals surface area contributed by atoms with Gasteiger partial charge in [-0.15, -0.1) is 0 Å². The molecule has 1 aliphatic rings. The number of alkyl halides is 1. The van der Waals surface area contributed by atoms with Gasteiger partial charge in [-0.1, -0.05) is 40.5 Å². The summed E-state index contributed by atoms with van der Waals surface area (Å²) in [6.45, 7) is 2.36. The second-order valence-corrected chi connectivity index (χ2v) is 6.40. The van der Waals surface area contributed by atoms with E-state index >= 15 is 0 Å². The molecule has 0 heterocycles. The van der Waals surface area contributed by atoms with Crippen molar-refractivity contribution in [3.63, 3.8) is 0 Å². The van der Waals surface area contributed by atoms with Gasteiger partial charge in [0.15, 0.2) is 0 Å². The van der Waals surface area contributed by atoms with E-state index in [4.69, 9.17) is 11.6 Å². The van der Waals surface area contributed by atoms with Gasteiger partial charge in [0.1, 0.15) is 0 Å². The van der Waals surface area contributed by atoms with Crippen LogP contribution >= 0.6 is 27.5 Å². The van der Waals surface area contributed by atoms with Crippen LogP contribution in [0.5, 0.6) is 0 Å². The summed E-state index contributed by atoms with van der Waals surface area (Å²) in [5.41, 5.74) is 2.40. The summed E-state index contributed by atoms with van der Waals surface area (Å²) in [7, 11) is 2.19. The maximum Gasteiger partial charge on any atom is 0.0467 e. The van der Waals surface area contributed by atoms with E-state index in [0.29, 0.717) is 6.04 Å². The number of anilines is 1. The Bertz CT molecular complexity index is 399. The zero-order valence-corrected chi connectivity index (χ0v) is 13.5. The van der Waals surface area contributed by atoms with Crippen LogP contribution < -0.4 is 4.90 Å². The molecule has 100 valence electrons. The van der Waals surface area contributed by atoms with E-state index in [9.17, 15) is 0 Å². The monoisotopic (exact) mass is 329 g/mol. The molecule has 1 nitrogen and oxygen atoms in total. The van der Waals surface area contributed by atoms with Crippen LogP contribution in [-0.4, -0.2) is 13.1 Å². The van der Waals surface area contributed by atoms with E-state index in [1.807, 2.05) is 0 Å². The molecule has 0 aromatic heterocycles.